The Bertz CT molecular complexity index is 584. The fraction of sp³-hybridized carbons (Fsp3) is 0.364. The molecular formula is C11H15N5S2. The molecule has 0 aromatic carbocycles. The molecule has 18 heavy (non-hydrogen) atoms. The Hall–Kier alpha value is -1.47. The van der Waals surface area contributed by atoms with Crippen LogP contribution in [0.15, 0.2) is 6.20 Å². The van der Waals surface area contributed by atoms with E-state index in [1.54, 1.807) is 16.0 Å². The highest BCUT2D eigenvalue weighted by molar-refractivity contribution is 7.80. The van der Waals surface area contributed by atoms with Gasteiger partial charge < -0.3 is 11.1 Å². The number of aryl methyl sites for hydroxylation is 3. The first-order valence-electron chi connectivity index (χ1n) is 5.47. The third-order valence-corrected chi connectivity index (χ3v) is 3.66. The van der Waals surface area contributed by atoms with Crippen LogP contribution in [0.2, 0.25) is 0 Å². The Balaban J connectivity index is 2.21. The summed E-state index contributed by atoms with van der Waals surface area (Å²) in [6, 6.07) is 0. The minimum Gasteiger partial charge on any atom is -0.389 e. The predicted molar refractivity (Wildman–Crippen MR) is 78.0 cm³/mol. The van der Waals surface area contributed by atoms with Gasteiger partial charge in [0.2, 0.25) is 0 Å². The highest BCUT2D eigenvalue weighted by Gasteiger charge is 2.15. The summed E-state index contributed by atoms with van der Waals surface area (Å²) in [4.78, 5) is 5.86. The molecule has 0 spiro atoms. The van der Waals surface area contributed by atoms with Crippen LogP contribution < -0.4 is 11.1 Å². The lowest BCUT2D eigenvalue weighted by atomic mass is 10.2. The van der Waals surface area contributed by atoms with Gasteiger partial charge in [-0.25, -0.2) is 4.98 Å². The zero-order chi connectivity index (χ0) is 13.3. The van der Waals surface area contributed by atoms with Gasteiger partial charge in [-0.15, -0.1) is 11.3 Å². The number of hydrogen-bond donors (Lipinski definition) is 2. The van der Waals surface area contributed by atoms with E-state index in [0.29, 0.717) is 11.5 Å². The van der Waals surface area contributed by atoms with Crippen LogP contribution in [-0.4, -0.2) is 19.8 Å². The molecule has 0 unspecified atom stereocenters. The second-order valence-corrected chi connectivity index (χ2v) is 5.77. The molecule has 0 aliphatic rings. The Morgan fingerprint density at radius 3 is 2.83 bits per heavy atom. The fourth-order valence-electron chi connectivity index (χ4n) is 1.80. The molecule has 0 saturated heterocycles. The molecule has 0 fully saturated rings. The smallest absolute Gasteiger partial charge is 0.134 e. The monoisotopic (exact) mass is 281 g/mol. The maximum Gasteiger partial charge on any atom is 0.134 e. The van der Waals surface area contributed by atoms with Gasteiger partial charge in [-0.1, -0.05) is 12.2 Å². The first-order valence-corrected chi connectivity index (χ1v) is 6.70. The topological polar surface area (TPSA) is 68.8 Å². The van der Waals surface area contributed by atoms with Crippen molar-refractivity contribution in [3.8, 4) is 0 Å². The number of aromatic nitrogens is 3. The van der Waals surface area contributed by atoms with Crippen molar-refractivity contribution in [3.63, 3.8) is 0 Å². The van der Waals surface area contributed by atoms with Crippen LogP contribution in [0, 0.1) is 13.8 Å². The van der Waals surface area contributed by atoms with Crippen LogP contribution in [0.4, 0.5) is 5.82 Å². The Morgan fingerprint density at radius 2 is 2.28 bits per heavy atom. The minimum atomic E-state index is 0.360. The fourth-order valence-corrected chi connectivity index (χ4v) is 2.77. The van der Waals surface area contributed by atoms with Crippen LogP contribution in [0.3, 0.4) is 0 Å². The number of rotatable bonds is 4. The van der Waals surface area contributed by atoms with Crippen LogP contribution in [-0.2, 0) is 13.6 Å². The Morgan fingerprint density at radius 1 is 1.56 bits per heavy atom. The molecule has 3 N–H and O–H groups in total. The summed E-state index contributed by atoms with van der Waals surface area (Å²) in [5, 5.41) is 8.64. The highest BCUT2D eigenvalue weighted by atomic mass is 32.1. The van der Waals surface area contributed by atoms with Crippen molar-refractivity contribution >= 4 is 34.4 Å². The number of thiocarbonyl (C=S) groups is 1. The third-order valence-electron chi connectivity index (χ3n) is 2.54. The van der Waals surface area contributed by atoms with Gasteiger partial charge in [0, 0.05) is 18.1 Å². The quantitative estimate of drug-likeness (QED) is 0.836. The molecule has 2 aromatic heterocycles. The second-order valence-electron chi connectivity index (χ2n) is 4.02. The van der Waals surface area contributed by atoms with Crippen molar-refractivity contribution in [3.05, 3.63) is 27.3 Å². The van der Waals surface area contributed by atoms with E-state index in [1.807, 2.05) is 27.1 Å². The number of anilines is 1. The number of nitrogens with two attached hydrogens (primary N) is 1. The molecule has 0 atom stereocenters. The number of nitrogens with one attached hydrogen (secondary N) is 1. The Kier molecular flexibility index (Phi) is 3.63. The van der Waals surface area contributed by atoms with Gasteiger partial charge in [-0.2, -0.15) is 5.10 Å². The first-order chi connectivity index (χ1) is 8.49. The summed E-state index contributed by atoms with van der Waals surface area (Å²) in [7, 11) is 1.87. The SMILES string of the molecule is Cc1cnc(CNc2c(C(N)=S)c(C)nn2C)s1. The van der Waals surface area contributed by atoms with Gasteiger partial charge in [0.05, 0.1) is 17.8 Å². The second kappa shape index (κ2) is 5.03. The van der Waals surface area contributed by atoms with E-state index >= 15 is 0 Å². The highest BCUT2D eigenvalue weighted by Crippen LogP contribution is 2.20. The number of nitrogens with zero attached hydrogens (tertiary/aromatic N) is 3. The standard InChI is InChI=1S/C11H15N5S2/c1-6-4-13-8(18-6)5-14-11-9(10(12)17)7(2)15-16(11)3/h4,14H,5H2,1-3H3,(H2,12,17). The summed E-state index contributed by atoms with van der Waals surface area (Å²) in [6.07, 6.45) is 1.87. The van der Waals surface area contributed by atoms with E-state index in [1.165, 1.54) is 4.88 Å². The maximum absolute atomic E-state index is 5.73. The zero-order valence-corrected chi connectivity index (χ0v) is 12.2. The minimum absolute atomic E-state index is 0.360. The molecule has 2 rings (SSSR count). The van der Waals surface area contributed by atoms with E-state index < -0.39 is 0 Å². The van der Waals surface area contributed by atoms with Crippen molar-refractivity contribution in [1.82, 2.24) is 14.8 Å². The summed E-state index contributed by atoms with van der Waals surface area (Å²) < 4.78 is 1.75. The van der Waals surface area contributed by atoms with Crippen molar-refractivity contribution in [2.24, 2.45) is 12.8 Å². The molecule has 0 aliphatic heterocycles. The van der Waals surface area contributed by atoms with Gasteiger partial charge >= 0.3 is 0 Å². The number of hydrogen-bond acceptors (Lipinski definition) is 5. The van der Waals surface area contributed by atoms with Crippen molar-refractivity contribution in [1.29, 1.82) is 0 Å². The first kappa shape index (κ1) is 13.0. The molecule has 2 heterocycles. The molecule has 0 amide bonds. The summed E-state index contributed by atoms with van der Waals surface area (Å²) >= 11 is 6.72. The van der Waals surface area contributed by atoms with E-state index in [-0.39, 0.29) is 0 Å². The van der Waals surface area contributed by atoms with Gasteiger partial charge in [-0.05, 0) is 13.8 Å². The molecule has 0 aliphatic carbocycles. The van der Waals surface area contributed by atoms with Crippen molar-refractivity contribution in [2.75, 3.05) is 5.32 Å². The van der Waals surface area contributed by atoms with Gasteiger partial charge in [0.25, 0.3) is 0 Å². The van der Waals surface area contributed by atoms with Gasteiger partial charge in [0.1, 0.15) is 15.8 Å². The van der Waals surface area contributed by atoms with E-state index in [9.17, 15) is 0 Å². The van der Waals surface area contributed by atoms with Crippen molar-refractivity contribution < 1.29 is 0 Å². The van der Waals surface area contributed by atoms with Gasteiger partial charge in [0.15, 0.2) is 0 Å². The summed E-state index contributed by atoms with van der Waals surface area (Å²) in [5.74, 6) is 0.841. The van der Waals surface area contributed by atoms with Crippen LogP contribution in [0.1, 0.15) is 21.1 Å². The summed E-state index contributed by atoms with van der Waals surface area (Å²) in [6.45, 7) is 4.58. The lowest BCUT2D eigenvalue weighted by Crippen LogP contribution is -2.14. The van der Waals surface area contributed by atoms with E-state index in [4.69, 9.17) is 18.0 Å². The lowest BCUT2D eigenvalue weighted by Gasteiger charge is -2.07. The average Bonchev–Trinajstić information content (AvgIpc) is 2.79. The zero-order valence-electron chi connectivity index (χ0n) is 10.5. The molecule has 0 radical (unpaired) electrons. The number of thiazole rings is 1. The molecule has 2 aromatic rings. The largest absolute Gasteiger partial charge is 0.389 e. The summed E-state index contributed by atoms with van der Waals surface area (Å²) in [5.41, 5.74) is 7.37. The van der Waals surface area contributed by atoms with Gasteiger partial charge in [-0.3, -0.25) is 4.68 Å². The van der Waals surface area contributed by atoms with Crippen molar-refractivity contribution in [2.45, 2.75) is 20.4 Å². The third kappa shape index (κ3) is 2.51. The van der Waals surface area contributed by atoms with Crippen LogP contribution in [0.5, 0.6) is 0 Å². The van der Waals surface area contributed by atoms with Crippen LogP contribution >= 0.6 is 23.6 Å². The predicted octanol–water partition coefficient (Wildman–Crippen LogP) is 1.74. The Labute approximate surface area is 115 Å². The average molecular weight is 281 g/mol. The molecule has 0 saturated carbocycles. The maximum atomic E-state index is 5.73. The normalized spacial score (nSPS) is 10.6. The lowest BCUT2D eigenvalue weighted by molar-refractivity contribution is 0.758. The molecule has 0 bridgehead atoms. The molecule has 96 valence electrons. The van der Waals surface area contributed by atoms with E-state index in [2.05, 4.69) is 15.4 Å². The molecule has 5 nitrogen and oxygen atoms in total. The van der Waals surface area contributed by atoms with Crippen LogP contribution in [0.25, 0.3) is 0 Å². The molecule has 7 heteroatoms. The molecular weight excluding hydrogens is 266 g/mol. The van der Waals surface area contributed by atoms with E-state index in [0.717, 1.165) is 22.1 Å².